The van der Waals surface area contributed by atoms with Crippen LogP contribution in [0.2, 0.25) is 0 Å². The maximum Gasteiger partial charge on any atom is 0.240 e. The van der Waals surface area contributed by atoms with Crippen molar-refractivity contribution in [3.8, 4) is 0 Å². The second-order valence-electron chi connectivity index (χ2n) is 3.97. The van der Waals surface area contributed by atoms with Crippen molar-refractivity contribution in [2.75, 3.05) is 6.54 Å². The summed E-state index contributed by atoms with van der Waals surface area (Å²) < 4.78 is 51.8. The minimum Gasteiger partial charge on any atom is -0.245 e. The Morgan fingerprint density at radius 1 is 1.10 bits per heavy atom. The minimum absolute atomic E-state index is 0.106. The van der Waals surface area contributed by atoms with Gasteiger partial charge in [0.1, 0.15) is 6.33 Å². The van der Waals surface area contributed by atoms with E-state index in [2.05, 4.69) is 14.7 Å². The lowest BCUT2D eigenvalue weighted by atomic mass is 10.2. The highest BCUT2D eigenvalue weighted by Gasteiger charge is 2.15. The first-order valence-corrected chi connectivity index (χ1v) is 7.16. The van der Waals surface area contributed by atoms with Gasteiger partial charge in [0, 0.05) is 18.9 Å². The van der Waals surface area contributed by atoms with Crippen LogP contribution in [0.5, 0.6) is 0 Å². The molecule has 1 N–H and O–H groups in total. The standard InChI is InChI=1S/C12H11F2N3O2S/c13-11-2-1-10(5-12(11)14)20(18,19)17-4-3-9-6-15-8-16-7-9/h1-2,5-8,17H,3-4H2. The molecule has 0 atom stereocenters. The van der Waals surface area contributed by atoms with Gasteiger partial charge in [-0.05, 0) is 30.2 Å². The van der Waals surface area contributed by atoms with E-state index in [0.29, 0.717) is 12.5 Å². The molecule has 106 valence electrons. The van der Waals surface area contributed by atoms with E-state index >= 15 is 0 Å². The molecule has 0 aliphatic carbocycles. The van der Waals surface area contributed by atoms with Gasteiger partial charge in [-0.3, -0.25) is 0 Å². The molecule has 0 saturated heterocycles. The van der Waals surface area contributed by atoms with Gasteiger partial charge in [0.05, 0.1) is 4.90 Å². The molecule has 0 spiro atoms. The summed E-state index contributed by atoms with van der Waals surface area (Å²) >= 11 is 0. The highest BCUT2D eigenvalue weighted by Crippen LogP contribution is 2.13. The summed E-state index contributed by atoms with van der Waals surface area (Å²) in [6, 6.07) is 2.42. The van der Waals surface area contributed by atoms with E-state index in [1.807, 2.05) is 0 Å². The highest BCUT2D eigenvalue weighted by molar-refractivity contribution is 7.89. The molecular weight excluding hydrogens is 288 g/mol. The van der Waals surface area contributed by atoms with Crippen LogP contribution in [0.25, 0.3) is 0 Å². The van der Waals surface area contributed by atoms with E-state index in [1.165, 1.54) is 6.33 Å². The fourth-order valence-electron chi connectivity index (χ4n) is 1.52. The van der Waals surface area contributed by atoms with Gasteiger partial charge >= 0.3 is 0 Å². The van der Waals surface area contributed by atoms with Crippen LogP contribution in [0, 0.1) is 11.6 Å². The third-order valence-electron chi connectivity index (χ3n) is 2.52. The smallest absolute Gasteiger partial charge is 0.240 e. The largest absolute Gasteiger partial charge is 0.245 e. The Bertz CT molecular complexity index is 693. The van der Waals surface area contributed by atoms with Crippen LogP contribution in [0.4, 0.5) is 8.78 Å². The molecule has 0 fully saturated rings. The molecule has 0 radical (unpaired) electrons. The molecule has 0 saturated carbocycles. The third-order valence-corrected chi connectivity index (χ3v) is 3.98. The van der Waals surface area contributed by atoms with Gasteiger partial charge in [-0.15, -0.1) is 0 Å². The summed E-state index contributed by atoms with van der Waals surface area (Å²) in [4.78, 5) is 7.28. The highest BCUT2D eigenvalue weighted by atomic mass is 32.2. The number of hydrogen-bond donors (Lipinski definition) is 1. The molecule has 2 rings (SSSR count). The first-order valence-electron chi connectivity index (χ1n) is 5.67. The first-order chi connectivity index (χ1) is 9.49. The Morgan fingerprint density at radius 2 is 1.80 bits per heavy atom. The fraction of sp³-hybridized carbons (Fsp3) is 0.167. The van der Waals surface area contributed by atoms with Gasteiger partial charge in [0.25, 0.3) is 0 Å². The van der Waals surface area contributed by atoms with Crippen LogP contribution in [-0.2, 0) is 16.4 Å². The SMILES string of the molecule is O=S(=O)(NCCc1cncnc1)c1ccc(F)c(F)c1. The van der Waals surface area contributed by atoms with Gasteiger partial charge in [0.15, 0.2) is 11.6 Å². The lowest BCUT2D eigenvalue weighted by Gasteiger charge is -2.06. The van der Waals surface area contributed by atoms with E-state index in [9.17, 15) is 17.2 Å². The summed E-state index contributed by atoms with van der Waals surface area (Å²) in [6.07, 6.45) is 4.90. The molecule has 0 bridgehead atoms. The van der Waals surface area contributed by atoms with E-state index in [-0.39, 0.29) is 11.4 Å². The van der Waals surface area contributed by atoms with E-state index in [1.54, 1.807) is 12.4 Å². The molecule has 20 heavy (non-hydrogen) atoms. The van der Waals surface area contributed by atoms with Gasteiger partial charge in [-0.1, -0.05) is 0 Å². The normalized spacial score (nSPS) is 11.5. The predicted octanol–water partition coefficient (Wildman–Crippen LogP) is 1.28. The van der Waals surface area contributed by atoms with E-state index in [4.69, 9.17) is 0 Å². The molecule has 0 aliphatic rings. The second kappa shape index (κ2) is 6.02. The summed E-state index contributed by atoms with van der Waals surface area (Å²) in [5.74, 6) is -2.30. The van der Waals surface area contributed by atoms with Crippen LogP contribution in [0.1, 0.15) is 5.56 Å². The third kappa shape index (κ3) is 3.55. The molecule has 5 nitrogen and oxygen atoms in total. The zero-order valence-electron chi connectivity index (χ0n) is 10.3. The van der Waals surface area contributed by atoms with Crippen LogP contribution in [0.15, 0.2) is 41.8 Å². The molecule has 1 heterocycles. The van der Waals surface area contributed by atoms with Crippen LogP contribution >= 0.6 is 0 Å². The van der Waals surface area contributed by atoms with Crippen LogP contribution < -0.4 is 4.72 Å². The lowest BCUT2D eigenvalue weighted by molar-refractivity contribution is 0.504. The summed E-state index contributed by atoms with van der Waals surface area (Å²) in [6.45, 7) is 0.106. The number of halogens is 2. The summed E-state index contributed by atoms with van der Waals surface area (Å²) in [7, 11) is -3.87. The van der Waals surface area contributed by atoms with Crippen molar-refractivity contribution in [3.63, 3.8) is 0 Å². The Labute approximate surface area is 114 Å². The van der Waals surface area contributed by atoms with Crippen molar-refractivity contribution in [3.05, 3.63) is 54.1 Å². The zero-order valence-corrected chi connectivity index (χ0v) is 11.1. The van der Waals surface area contributed by atoms with E-state index in [0.717, 1.165) is 17.7 Å². The van der Waals surface area contributed by atoms with Gasteiger partial charge in [0.2, 0.25) is 10.0 Å². The Morgan fingerprint density at radius 3 is 2.45 bits per heavy atom. The topological polar surface area (TPSA) is 72.0 Å². The Hall–Kier alpha value is -1.93. The predicted molar refractivity (Wildman–Crippen MR) is 67.3 cm³/mol. The van der Waals surface area contributed by atoms with Crippen molar-refractivity contribution in [1.29, 1.82) is 0 Å². The van der Waals surface area contributed by atoms with Crippen molar-refractivity contribution in [1.82, 2.24) is 14.7 Å². The number of hydrogen-bond acceptors (Lipinski definition) is 4. The number of nitrogens with one attached hydrogen (secondary N) is 1. The molecule has 0 unspecified atom stereocenters. The maximum absolute atomic E-state index is 13.0. The minimum atomic E-state index is -3.87. The quantitative estimate of drug-likeness (QED) is 0.902. The molecule has 1 aromatic heterocycles. The Kier molecular flexibility index (Phi) is 4.35. The molecule has 0 aliphatic heterocycles. The van der Waals surface area contributed by atoms with Crippen molar-refractivity contribution >= 4 is 10.0 Å². The average Bonchev–Trinajstić information content (AvgIpc) is 2.43. The van der Waals surface area contributed by atoms with Crippen LogP contribution in [0.3, 0.4) is 0 Å². The summed E-state index contributed by atoms with van der Waals surface area (Å²) in [5, 5.41) is 0. The number of sulfonamides is 1. The first kappa shape index (κ1) is 14.5. The van der Waals surface area contributed by atoms with Crippen molar-refractivity contribution in [2.24, 2.45) is 0 Å². The second-order valence-corrected chi connectivity index (χ2v) is 5.74. The lowest BCUT2D eigenvalue weighted by Crippen LogP contribution is -2.26. The maximum atomic E-state index is 13.0. The van der Waals surface area contributed by atoms with E-state index < -0.39 is 21.7 Å². The van der Waals surface area contributed by atoms with Crippen LogP contribution in [-0.4, -0.2) is 24.9 Å². The van der Waals surface area contributed by atoms with Gasteiger partial charge in [-0.2, -0.15) is 0 Å². The van der Waals surface area contributed by atoms with Gasteiger partial charge in [-0.25, -0.2) is 31.9 Å². The number of aromatic nitrogens is 2. The number of rotatable bonds is 5. The Balaban J connectivity index is 2.02. The summed E-state index contributed by atoms with van der Waals surface area (Å²) in [5.41, 5.74) is 0.764. The average molecular weight is 299 g/mol. The van der Waals surface area contributed by atoms with Crippen molar-refractivity contribution < 1.29 is 17.2 Å². The molecular formula is C12H11F2N3O2S. The molecule has 0 amide bonds. The molecule has 2 aromatic rings. The number of nitrogens with zero attached hydrogens (tertiary/aromatic N) is 2. The number of benzene rings is 1. The van der Waals surface area contributed by atoms with Crippen molar-refractivity contribution in [2.45, 2.75) is 11.3 Å². The monoisotopic (exact) mass is 299 g/mol. The van der Waals surface area contributed by atoms with Gasteiger partial charge < -0.3 is 0 Å². The zero-order chi connectivity index (χ0) is 14.6. The molecule has 8 heteroatoms. The molecule has 1 aromatic carbocycles. The fourth-order valence-corrected chi connectivity index (χ4v) is 2.56.